The minimum atomic E-state index is -1.75. The predicted molar refractivity (Wildman–Crippen MR) is 191 cm³/mol. The number of hydrogen-bond donors (Lipinski definition) is 0. The summed E-state index contributed by atoms with van der Waals surface area (Å²) in [7, 11) is -0.892. The molecule has 0 aromatic heterocycles. The normalized spacial score (nSPS) is 9.38. The van der Waals surface area contributed by atoms with Crippen LogP contribution in [0.1, 0.15) is 0 Å². The van der Waals surface area contributed by atoms with E-state index in [-0.39, 0.29) is 39.0 Å². The van der Waals surface area contributed by atoms with Crippen molar-refractivity contribution in [3.05, 3.63) is 213 Å². The van der Waals surface area contributed by atoms with Crippen LogP contribution in [0, 0.1) is 30.6 Å². The number of hydrogen-bond acceptors (Lipinski definition) is 6. The summed E-state index contributed by atoms with van der Waals surface area (Å²) in [5.41, 5.74) is 0. The van der Waals surface area contributed by atoms with Gasteiger partial charge in [-0.2, -0.15) is 0 Å². The van der Waals surface area contributed by atoms with Crippen LogP contribution in [0.2, 0.25) is 0 Å². The molecular weight excluding hydrogens is 824 g/mol. The second kappa shape index (κ2) is 24.0. The summed E-state index contributed by atoms with van der Waals surface area (Å²) in [5, 5.41) is 37.9. The summed E-state index contributed by atoms with van der Waals surface area (Å²) in [6, 6.07) is 64.7. The largest absolute Gasteiger partial charge is 0.356 e. The van der Waals surface area contributed by atoms with Crippen molar-refractivity contribution >= 4 is 47.7 Å². The molecule has 0 spiro atoms. The number of benzene rings is 6. The molecule has 0 saturated heterocycles. The molecule has 0 aliphatic heterocycles. The zero-order valence-corrected chi connectivity index (χ0v) is 30.3. The third kappa shape index (κ3) is 15.2. The molecule has 0 saturated carbocycles. The van der Waals surface area contributed by atoms with Crippen LogP contribution in [0.4, 0.5) is 0 Å². The smallest absolute Gasteiger partial charge is 0.0689 e. The topological polar surface area (TPSA) is 132 Å². The van der Waals surface area contributed by atoms with Gasteiger partial charge in [-0.15, -0.1) is 0 Å². The summed E-state index contributed by atoms with van der Waals surface area (Å²) in [6.45, 7) is 0. The molecule has 250 valence electrons. The molecule has 0 atom stereocenters. The first-order chi connectivity index (χ1) is 22.4. The van der Waals surface area contributed by atoms with E-state index in [9.17, 15) is 0 Å². The molecule has 8 nitrogen and oxygen atoms in total. The molecule has 0 N–H and O–H groups in total. The molecule has 6 aromatic rings. The summed E-state index contributed by atoms with van der Waals surface area (Å²) < 4.78 is 0. The van der Waals surface area contributed by atoms with E-state index in [4.69, 9.17) is 30.6 Å². The van der Waals surface area contributed by atoms with Gasteiger partial charge in [-0.1, -0.05) is 182 Å². The molecular formula is C36H30N2O6P2Rh2-2. The van der Waals surface area contributed by atoms with Crippen LogP contribution in [-0.2, 0) is 39.0 Å². The Morgan fingerprint density at radius 2 is 0.396 bits per heavy atom. The van der Waals surface area contributed by atoms with Gasteiger partial charge in [0.2, 0.25) is 0 Å². The second-order valence-electron chi connectivity index (χ2n) is 9.13. The Balaban J connectivity index is 0.000000380. The fraction of sp³-hybridized carbons (Fsp3) is 0. The third-order valence-corrected chi connectivity index (χ3v) is 11.0. The van der Waals surface area contributed by atoms with Gasteiger partial charge in [-0.25, -0.2) is 0 Å². The van der Waals surface area contributed by atoms with Gasteiger partial charge in [-0.3, -0.25) is 0 Å². The van der Waals surface area contributed by atoms with E-state index in [0.29, 0.717) is 0 Å². The Morgan fingerprint density at radius 3 is 0.500 bits per heavy atom. The van der Waals surface area contributed by atoms with E-state index < -0.39 is 26.0 Å². The first-order valence-electron chi connectivity index (χ1n) is 13.9. The zero-order valence-electron chi connectivity index (χ0n) is 25.2. The Morgan fingerprint density at radius 1 is 0.292 bits per heavy atom. The second-order valence-corrected chi connectivity index (χ2v) is 13.6. The average molecular weight is 854 g/mol. The Kier molecular flexibility index (Phi) is 21.0. The summed E-state index contributed by atoms with van der Waals surface area (Å²) >= 11 is 0. The minimum Gasteiger partial charge on any atom is -0.356 e. The van der Waals surface area contributed by atoms with Gasteiger partial charge in [0.1, 0.15) is 0 Å². The van der Waals surface area contributed by atoms with Crippen LogP contribution in [-0.4, -0.2) is 10.2 Å². The number of rotatable bonds is 6. The zero-order chi connectivity index (χ0) is 33.0. The maximum atomic E-state index is 8.25. The molecule has 48 heavy (non-hydrogen) atoms. The molecule has 12 heteroatoms. The van der Waals surface area contributed by atoms with Crippen LogP contribution in [0.25, 0.3) is 0 Å². The molecule has 0 bridgehead atoms. The van der Waals surface area contributed by atoms with Crippen molar-refractivity contribution in [2.75, 3.05) is 0 Å². The molecule has 6 aromatic carbocycles. The van der Waals surface area contributed by atoms with E-state index in [2.05, 4.69) is 182 Å². The number of nitrogens with zero attached hydrogens (tertiary/aromatic N) is 2. The SMILES string of the molecule is O=[N+]([O-])[O-].O=[N+]([O-])[O-].[Rh].[Rh].c1ccc(P(c2ccccc2)c2ccccc2)cc1.c1ccc(P(c2ccccc2)c2ccccc2)cc1. The van der Waals surface area contributed by atoms with E-state index in [0.717, 1.165) is 0 Å². The molecule has 2 radical (unpaired) electrons. The van der Waals surface area contributed by atoms with Crippen LogP contribution in [0.3, 0.4) is 0 Å². The summed E-state index contributed by atoms with van der Waals surface area (Å²) in [4.78, 5) is 16.5. The maximum Gasteiger partial charge on any atom is 0.0689 e. The standard InChI is InChI=1S/2C18H15P.2NO3.2Rh/c2*1-4-10-16(11-5-1)19(17-12-6-2-7-13-17)18-14-8-3-9-15-18;2*2-1(3)4;;/h2*1-15H;;;;/q;;2*-1;;. The van der Waals surface area contributed by atoms with Gasteiger partial charge < -0.3 is 30.6 Å². The van der Waals surface area contributed by atoms with Gasteiger partial charge in [0.05, 0.1) is 10.2 Å². The van der Waals surface area contributed by atoms with Crippen molar-refractivity contribution in [3.8, 4) is 0 Å². The molecule has 6 rings (SSSR count). The summed E-state index contributed by atoms with van der Waals surface area (Å²) in [6.07, 6.45) is 0. The first kappa shape index (κ1) is 41.8. The van der Waals surface area contributed by atoms with Crippen molar-refractivity contribution in [1.29, 1.82) is 0 Å². The molecule has 0 aliphatic carbocycles. The average Bonchev–Trinajstić information content (AvgIpc) is 3.08. The van der Waals surface area contributed by atoms with Gasteiger partial charge >= 0.3 is 0 Å². The van der Waals surface area contributed by atoms with Crippen molar-refractivity contribution in [3.63, 3.8) is 0 Å². The van der Waals surface area contributed by atoms with E-state index in [1.54, 1.807) is 0 Å². The Labute approximate surface area is 307 Å². The Hall–Kier alpha value is -4.17. The maximum absolute atomic E-state index is 8.25. The fourth-order valence-corrected chi connectivity index (χ4v) is 8.97. The summed E-state index contributed by atoms with van der Waals surface area (Å²) in [5.74, 6) is 0. The van der Waals surface area contributed by atoms with Gasteiger partial charge in [-0.05, 0) is 47.7 Å². The van der Waals surface area contributed by atoms with E-state index in [1.807, 2.05) is 0 Å². The monoisotopic (exact) mass is 854 g/mol. The predicted octanol–water partition coefficient (Wildman–Crippen LogP) is 6.41. The van der Waals surface area contributed by atoms with E-state index >= 15 is 0 Å². The first-order valence-corrected chi connectivity index (χ1v) is 16.6. The van der Waals surface area contributed by atoms with Crippen molar-refractivity contribution < 1.29 is 49.1 Å². The van der Waals surface area contributed by atoms with Gasteiger partial charge in [0.15, 0.2) is 0 Å². The van der Waals surface area contributed by atoms with Crippen LogP contribution in [0.5, 0.6) is 0 Å². The molecule has 0 aliphatic rings. The van der Waals surface area contributed by atoms with Crippen LogP contribution < -0.4 is 31.8 Å². The Bertz CT molecular complexity index is 1390. The minimum absolute atomic E-state index is 0. The van der Waals surface area contributed by atoms with Crippen LogP contribution in [0.15, 0.2) is 182 Å². The molecule has 0 heterocycles. The van der Waals surface area contributed by atoms with Crippen LogP contribution >= 0.6 is 15.8 Å². The molecule has 0 fully saturated rings. The molecule has 0 unspecified atom stereocenters. The quantitative estimate of drug-likeness (QED) is 0.0825. The van der Waals surface area contributed by atoms with Gasteiger partial charge in [0.25, 0.3) is 0 Å². The van der Waals surface area contributed by atoms with E-state index in [1.165, 1.54) is 31.8 Å². The van der Waals surface area contributed by atoms with Crippen molar-refractivity contribution in [2.45, 2.75) is 0 Å². The van der Waals surface area contributed by atoms with Crippen molar-refractivity contribution in [1.82, 2.24) is 0 Å². The molecule has 0 amide bonds. The third-order valence-electron chi connectivity index (χ3n) is 6.09. The fourth-order valence-electron chi connectivity index (χ4n) is 4.36. The van der Waals surface area contributed by atoms with Crippen molar-refractivity contribution in [2.24, 2.45) is 0 Å². The van der Waals surface area contributed by atoms with Gasteiger partial charge in [0, 0.05) is 39.0 Å².